The lowest BCUT2D eigenvalue weighted by Crippen LogP contribution is -2.17. The zero-order valence-electron chi connectivity index (χ0n) is 13.6. The highest BCUT2D eigenvalue weighted by Crippen LogP contribution is 2.30. The number of para-hydroxylation sites is 1. The topological polar surface area (TPSA) is 30.7 Å². The number of nitrogens with zero attached hydrogens (tertiary/aromatic N) is 3. The molecule has 0 saturated carbocycles. The number of hydrogen-bond acceptors (Lipinski definition) is 2. The molecule has 0 aliphatic heterocycles. The molecule has 3 rings (SSSR count). The number of imidazole rings is 1. The van der Waals surface area contributed by atoms with Crippen molar-refractivity contribution < 1.29 is 0 Å². The summed E-state index contributed by atoms with van der Waals surface area (Å²) in [6, 6.07) is 8.37. The first-order valence-electron chi connectivity index (χ1n) is 7.65. The fraction of sp³-hybridized carbons (Fsp3) is 0.444. The number of aryl methyl sites for hydroxylation is 2. The first kappa shape index (κ1) is 14.1. The second kappa shape index (κ2) is 4.83. The molecule has 0 atom stereocenters. The highest BCUT2D eigenvalue weighted by atomic mass is 15.1. The van der Waals surface area contributed by atoms with Gasteiger partial charge in [0.2, 0.25) is 0 Å². The van der Waals surface area contributed by atoms with Crippen LogP contribution in [0.25, 0.3) is 21.9 Å². The third kappa shape index (κ3) is 2.41. The smallest absolute Gasteiger partial charge is 0.111 e. The van der Waals surface area contributed by atoms with Gasteiger partial charge in [0.25, 0.3) is 0 Å². The molecule has 0 amide bonds. The molecular formula is C18H23N3. The average Bonchev–Trinajstić information content (AvgIpc) is 2.76. The van der Waals surface area contributed by atoms with Crippen molar-refractivity contribution in [3.05, 3.63) is 35.8 Å². The van der Waals surface area contributed by atoms with E-state index in [-0.39, 0.29) is 5.41 Å². The van der Waals surface area contributed by atoms with Gasteiger partial charge in [-0.2, -0.15) is 0 Å². The molecule has 0 aliphatic carbocycles. The number of benzene rings is 1. The lowest BCUT2D eigenvalue weighted by molar-refractivity contribution is 0.343. The minimum absolute atomic E-state index is 0.218. The van der Waals surface area contributed by atoms with E-state index >= 15 is 0 Å². The molecule has 110 valence electrons. The maximum atomic E-state index is 4.87. The van der Waals surface area contributed by atoms with Crippen molar-refractivity contribution in [2.24, 2.45) is 5.41 Å². The molecule has 0 aliphatic rings. The minimum Gasteiger partial charge on any atom is -0.327 e. The second-order valence-electron chi connectivity index (χ2n) is 6.94. The van der Waals surface area contributed by atoms with Crippen LogP contribution in [0.4, 0.5) is 0 Å². The maximum absolute atomic E-state index is 4.87. The molecule has 2 aromatic heterocycles. The van der Waals surface area contributed by atoms with Crippen molar-refractivity contribution in [3.63, 3.8) is 0 Å². The van der Waals surface area contributed by atoms with Crippen molar-refractivity contribution in [1.29, 1.82) is 0 Å². The highest BCUT2D eigenvalue weighted by Gasteiger charge is 2.20. The Bertz CT molecular complexity index is 807. The van der Waals surface area contributed by atoms with Crippen LogP contribution in [-0.2, 0) is 13.0 Å². The Kier molecular flexibility index (Phi) is 3.23. The Balaban J connectivity index is 2.43. The van der Waals surface area contributed by atoms with Gasteiger partial charge in [-0.15, -0.1) is 0 Å². The van der Waals surface area contributed by atoms with E-state index in [1.807, 2.05) is 6.07 Å². The Morgan fingerprint density at radius 3 is 2.48 bits per heavy atom. The van der Waals surface area contributed by atoms with Crippen LogP contribution in [-0.4, -0.2) is 14.5 Å². The van der Waals surface area contributed by atoms with Gasteiger partial charge in [0, 0.05) is 18.4 Å². The van der Waals surface area contributed by atoms with Crippen LogP contribution in [0.1, 0.15) is 39.2 Å². The molecule has 0 N–H and O–H groups in total. The van der Waals surface area contributed by atoms with Crippen LogP contribution in [0.3, 0.4) is 0 Å². The van der Waals surface area contributed by atoms with E-state index in [9.17, 15) is 0 Å². The first-order chi connectivity index (χ1) is 9.90. The summed E-state index contributed by atoms with van der Waals surface area (Å²) in [6.07, 6.45) is 0.943. The van der Waals surface area contributed by atoms with Gasteiger partial charge in [-0.05, 0) is 18.4 Å². The van der Waals surface area contributed by atoms with Gasteiger partial charge in [0.15, 0.2) is 0 Å². The van der Waals surface area contributed by atoms with Crippen LogP contribution < -0.4 is 0 Å². The van der Waals surface area contributed by atoms with Gasteiger partial charge in [-0.3, -0.25) is 4.98 Å². The zero-order valence-corrected chi connectivity index (χ0v) is 13.6. The van der Waals surface area contributed by atoms with E-state index in [2.05, 4.69) is 57.4 Å². The SMILES string of the molecule is CCc1nc2c(C)nc3ccccc3c2n1CC(C)(C)C. The fourth-order valence-corrected chi connectivity index (χ4v) is 2.94. The fourth-order valence-electron chi connectivity index (χ4n) is 2.94. The Labute approximate surface area is 126 Å². The summed E-state index contributed by atoms with van der Waals surface area (Å²) in [7, 11) is 0. The van der Waals surface area contributed by atoms with Gasteiger partial charge in [-0.1, -0.05) is 45.9 Å². The van der Waals surface area contributed by atoms with Crippen LogP contribution in [0, 0.1) is 12.3 Å². The lowest BCUT2D eigenvalue weighted by atomic mass is 9.96. The van der Waals surface area contributed by atoms with Crippen LogP contribution >= 0.6 is 0 Å². The second-order valence-corrected chi connectivity index (χ2v) is 6.94. The van der Waals surface area contributed by atoms with Gasteiger partial charge < -0.3 is 4.57 Å². The largest absolute Gasteiger partial charge is 0.327 e. The third-order valence-corrected chi connectivity index (χ3v) is 3.79. The van der Waals surface area contributed by atoms with E-state index in [4.69, 9.17) is 9.97 Å². The zero-order chi connectivity index (χ0) is 15.2. The molecule has 3 heteroatoms. The van der Waals surface area contributed by atoms with Crippen LogP contribution in [0.15, 0.2) is 24.3 Å². The van der Waals surface area contributed by atoms with Crippen LogP contribution in [0.2, 0.25) is 0 Å². The van der Waals surface area contributed by atoms with Crippen molar-refractivity contribution in [3.8, 4) is 0 Å². The molecule has 21 heavy (non-hydrogen) atoms. The highest BCUT2D eigenvalue weighted by molar-refractivity contribution is 6.03. The summed E-state index contributed by atoms with van der Waals surface area (Å²) in [6.45, 7) is 12.0. The van der Waals surface area contributed by atoms with Crippen molar-refractivity contribution in [1.82, 2.24) is 14.5 Å². The summed E-state index contributed by atoms with van der Waals surface area (Å²) in [5.41, 5.74) is 4.58. The summed E-state index contributed by atoms with van der Waals surface area (Å²) in [4.78, 5) is 9.58. The lowest BCUT2D eigenvalue weighted by Gasteiger charge is -2.21. The Hall–Kier alpha value is -1.90. The quantitative estimate of drug-likeness (QED) is 0.692. The number of fused-ring (bicyclic) bond motifs is 3. The molecule has 1 aromatic carbocycles. The Morgan fingerprint density at radius 1 is 1.10 bits per heavy atom. The predicted molar refractivity (Wildman–Crippen MR) is 88.6 cm³/mol. The van der Waals surface area contributed by atoms with Crippen molar-refractivity contribution in [2.75, 3.05) is 0 Å². The van der Waals surface area contributed by atoms with E-state index in [1.165, 1.54) is 10.9 Å². The van der Waals surface area contributed by atoms with Gasteiger partial charge in [0.1, 0.15) is 11.3 Å². The molecule has 0 unspecified atom stereocenters. The number of aromatic nitrogens is 3. The molecule has 3 aromatic rings. The summed E-state index contributed by atoms with van der Waals surface area (Å²) in [5, 5.41) is 1.20. The first-order valence-corrected chi connectivity index (χ1v) is 7.65. The summed E-state index contributed by atoms with van der Waals surface area (Å²) >= 11 is 0. The van der Waals surface area contributed by atoms with Gasteiger partial charge in [-0.25, -0.2) is 4.98 Å². The molecule has 3 nitrogen and oxygen atoms in total. The van der Waals surface area contributed by atoms with E-state index in [0.29, 0.717) is 0 Å². The molecule has 0 fully saturated rings. The standard InChI is InChI=1S/C18H23N3/c1-6-15-20-16-12(2)19-14-10-8-7-9-13(14)17(16)21(15)11-18(3,4)5/h7-10H,6,11H2,1-5H3. The monoisotopic (exact) mass is 281 g/mol. The van der Waals surface area contributed by atoms with E-state index < -0.39 is 0 Å². The predicted octanol–water partition coefficient (Wildman–Crippen LogP) is 4.50. The number of pyridine rings is 1. The third-order valence-electron chi connectivity index (χ3n) is 3.79. The number of rotatable bonds is 2. The molecule has 0 saturated heterocycles. The average molecular weight is 281 g/mol. The van der Waals surface area contributed by atoms with E-state index in [1.54, 1.807) is 0 Å². The molecule has 0 radical (unpaired) electrons. The van der Waals surface area contributed by atoms with Crippen molar-refractivity contribution >= 4 is 21.9 Å². The molecule has 0 spiro atoms. The summed E-state index contributed by atoms with van der Waals surface area (Å²) < 4.78 is 2.40. The van der Waals surface area contributed by atoms with E-state index in [0.717, 1.165) is 35.5 Å². The van der Waals surface area contributed by atoms with Gasteiger partial charge in [0.05, 0.1) is 16.7 Å². The normalized spacial score (nSPS) is 12.4. The van der Waals surface area contributed by atoms with Gasteiger partial charge >= 0.3 is 0 Å². The summed E-state index contributed by atoms with van der Waals surface area (Å²) in [5.74, 6) is 1.15. The number of hydrogen-bond donors (Lipinski definition) is 0. The molecule has 2 heterocycles. The Morgan fingerprint density at radius 2 is 1.81 bits per heavy atom. The molecular weight excluding hydrogens is 258 g/mol. The molecule has 0 bridgehead atoms. The minimum atomic E-state index is 0.218. The van der Waals surface area contributed by atoms with Crippen molar-refractivity contribution in [2.45, 2.75) is 47.6 Å². The van der Waals surface area contributed by atoms with Crippen LogP contribution in [0.5, 0.6) is 0 Å². The maximum Gasteiger partial charge on any atom is 0.111 e.